The van der Waals surface area contributed by atoms with Crippen LogP contribution in [0.4, 0.5) is 5.69 Å². The molecule has 106 valence electrons. The highest BCUT2D eigenvalue weighted by Gasteiger charge is 2.04. The summed E-state index contributed by atoms with van der Waals surface area (Å²) in [4.78, 5) is 8.37. The lowest BCUT2D eigenvalue weighted by Gasteiger charge is -2.10. The number of pyridine rings is 1. The standard InChI is InChI=1S/C16H16N4O/c1-12-5-6-16(21)15(19-12)10-18-13-3-2-4-14(9-13)20-8-7-17-11-20/h2-9,11,18,21H,10H2,1H3. The molecule has 0 unspecified atom stereocenters. The summed E-state index contributed by atoms with van der Waals surface area (Å²) < 4.78 is 1.94. The molecule has 2 heterocycles. The molecule has 2 aromatic heterocycles. The van der Waals surface area contributed by atoms with Gasteiger partial charge in [-0.2, -0.15) is 0 Å². The highest BCUT2D eigenvalue weighted by molar-refractivity contribution is 5.51. The van der Waals surface area contributed by atoms with Gasteiger partial charge in [-0.3, -0.25) is 4.98 Å². The number of benzene rings is 1. The molecule has 5 nitrogen and oxygen atoms in total. The van der Waals surface area contributed by atoms with Gasteiger partial charge in [-0.1, -0.05) is 6.07 Å². The summed E-state index contributed by atoms with van der Waals surface area (Å²) in [5, 5.41) is 13.1. The molecule has 21 heavy (non-hydrogen) atoms. The van der Waals surface area contributed by atoms with E-state index in [1.165, 1.54) is 0 Å². The SMILES string of the molecule is Cc1ccc(O)c(CNc2cccc(-n3ccnc3)c2)n1. The van der Waals surface area contributed by atoms with Crippen LogP contribution in [0.3, 0.4) is 0 Å². The highest BCUT2D eigenvalue weighted by Crippen LogP contribution is 2.18. The molecule has 0 bridgehead atoms. The van der Waals surface area contributed by atoms with E-state index in [9.17, 15) is 5.11 Å². The van der Waals surface area contributed by atoms with Crippen LogP contribution in [-0.2, 0) is 6.54 Å². The molecule has 0 aliphatic heterocycles. The molecular formula is C16H16N4O. The van der Waals surface area contributed by atoms with Crippen molar-refractivity contribution in [3.63, 3.8) is 0 Å². The van der Waals surface area contributed by atoms with Gasteiger partial charge in [-0.25, -0.2) is 4.98 Å². The fraction of sp³-hybridized carbons (Fsp3) is 0.125. The average Bonchev–Trinajstić information content (AvgIpc) is 3.03. The topological polar surface area (TPSA) is 63.0 Å². The minimum absolute atomic E-state index is 0.207. The number of hydrogen-bond acceptors (Lipinski definition) is 4. The number of aryl methyl sites for hydroxylation is 1. The number of nitrogens with zero attached hydrogens (tertiary/aromatic N) is 3. The summed E-state index contributed by atoms with van der Waals surface area (Å²) in [5.41, 5.74) is 3.52. The third-order valence-electron chi connectivity index (χ3n) is 3.20. The van der Waals surface area contributed by atoms with Crippen LogP contribution in [0.5, 0.6) is 5.75 Å². The van der Waals surface area contributed by atoms with Gasteiger partial charge in [0.2, 0.25) is 0 Å². The second-order valence-corrected chi connectivity index (χ2v) is 4.79. The molecule has 0 atom stereocenters. The number of hydrogen-bond donors (Lipinski definition) is 2. The molecule has 0 radical (unpaired) electrons. The van der Waals surface area contributed by atoms with E-state index in [2.05, 4.69) is 15.3 Å². The van der Waals surface area contributed by atoms with Crippen LogP contribution in [0.25, 0.3) is 5.69 Å². The van der Waals surface area contributed by atoms with Crippen LogP contribution in [-0.4, -0.2) is 19.6 Å². The number of nitrogens with one attached hydrogen (secondary N) is 1. The van der Waals surface area contributed by atoms with Crippen molar-refractivity contribution >= 4 is 5.69 Å². The largest absolute Gasteiger partial charge is 0.506 e. The van der Waals surface area contributed by atoms with Crippen molar-refractivity contribution in [3.8, 4) is 11.4 Å². The lowest BCUT2D eigenvalue weighted by Crippen LogP contribution is -2.03. The van der Waals surface area contributed by atoms with E-state index in [0.29, 0.717) is 12.2 Å². The molecule has 0 spiro atoms. The third-order valence-corrected chi connectivity index (χ3v) is 3.20. The van der Waals surface area contributed by atoms with Crippen molar-refractivity contribution in [1.82, 2.24) is 14.5 Å². The maximum Gasteiger partial charge on any atom is 0.138 e. The van der Waals surface area contributed by atoms with E-state index in [0.717, 1.165) is 17.1 Å². The second-order valence-electron chi connectivity index (χ2n) is 4.79. The first-order valence-electron chi connectivity index (χ1n) is 6.70. The van der Waals surface area contributed by atoms with Crippen LogP contribution < -0.4 is 5.32 Å². The lowest BCUT2D eigenvalue weighted by molar-refractivity contribution is 0.464. The van der Waals surface area contributed by atoms with Gasteiger partial charge in [-0.15, -0.1) is 0 Å². The highest BCUT2D eigenvalue weighted by atomic mass is 16.3. The van der Waals surface area contributed by atoms with Crippen LogP contribution in [0.15, 0.2) is 55.1 Å². The maximum atomic E-state index is 9.80. The van der Waals surface area contributed by atoms with Crippen molar-refractivity contribution in [2.45, 2.75) is 13.5 Å². The van der Waals surface area contributed by atoms with Gasteiger partial charge in [-0.05, 0) is 37.3 Å². The predicted molar refractivity (Wildman–Crippen MR) is 81.5 cm³/mol. The predicted octanol–water partition coefficient (Wildman–Crippen LogP) is 2.89. The van der Waals surface area contributed by atoms with Gasteiger partial charge < -0.3 is 15.0 Å². The molecule has 0 saturated carbocycles. The number of anilines is 1. The number of rotatable bonds is 4. The average molecular weight is 280 g/mol. The number of aromatic hydroxyl groups is 1. The first-order valence-corrected chi connectivity index (χ1v) is 6.70. The Balaban J connectivity index is 1.76. The Hall–Kier alpha value is -2.82. The van der Waals surface area contributed by atoms with Crippen molar-refractivity contribution < 1.29 is 5.11 Å². The number of aromatic nitrogens is 3. The van der Waals surface area contributed by atoms with E-state index < -0.39 is 0 Å². The van der Waals surface area contributed by atoms with Gasteiger partial charge >= 0.3 is 0 Å². The zero-order valence-electron chi connectivity index (χ0n) is 11.7. The summed E-state index contributed by atoms with van der Waals surface area (Å²) in [7, 11) is 0. The summed E-state index contributed by atoms with van der Waals surface area (Å²) >= 11 is 0. The molecule has 0 aliphatic rings. The second kappa shape index (κ2) is 5.66. The maximum absolute atomic E-state index is 9.80. The van der Waals surface area contributed by atoms with E-state index in [-0.39, 0.29) is 5.75 Å². The Morgan fingerprint density at radius 2 is 2.14 bits per heavy atom. The van der Waals surface area contributed by atoms with Crippen molar-refractivity contribution in [1.29, 1.82) is 0 Å². The van der Waals surface area contributed by atoms with Crippen LogP contribution >= 0.6 is 0 Å². The van der Waals surface area contributed by atoms with E-state index >= 15 is 0 Å². The zero-order chi connectivity index (χ0) is 14.7. The monoisotopic (exact) mass is 280 g/mol. The third kappa shape index (κ3) is 3.02. The van der Waals surface area contributed by atoms with Gasteiger partial charge in [0.15, 0.2) is 0 Å². The van der Waals surface area contributed by atoms with Gasteiger partial charge in [0.1, 0.15) is 11.4 Å². The fourth-order valence-corrected chi connectivity index (χ4v) is 2.11. The molecule has 2 N–H and O–H groups in total. The molecular weight excluding hydrogens is 264 g/mol. The Kier molecular flexibility index (Phi) is 3.55. The van der Waals surface area contributed by atoms with Crippen molar-refractivity contribution in [2.24, 2.45) is 0 Å². The van der Waals surface area contributed by atoms with E-state index in [4.69, 9.17) is 0 Å². The first kappa shape index (κ1) is 13.2. The molecule has 0 fully saturated rings. The quantitative estimate of drug-likeness (QED) is 0.771. The van der Waals surface area contributed by atoms with E-state index in [1.807, 2.05) is 42.0 Å². The fourth-order valence-electron chi connectivity index (χ4n) is 2.11. The lowest BCUT2D eigenvalue weighted by atomic mass is 10.2. The Bertz CT molecular complexity index is 738. The van der Waals surface area contributed by atoms with Gasteiger partial charge in [0.05, 0.1) is 12.9 Å². The van der Waals surface area contributed by atoms with Crippen LogP contribution in [0, 0.1) is 6.92 Å². The summed E-state index contributed by atoms with van der Waals surface area (Å²) in [5.74, 6) is 0.207. The summed E-state index contributed by atoms with van der Waals surface area (Å²) in [6, 6.07) is 11.4. The van der Waals surface area contributed by atoms with Gasteiger partial charge in [0, 0.05) is 29.5 Å². The molecule has 0 aliphatic carbocycles. The Morgan fingerprint density at radius 3 is 2.95 bits per heavy atom. The summed E-state index contributed by atoms with van der Waals surface area (Å²) in [6.45, 7) is 2.38. The molecule has 0 amide bonds. The minimum atomic E-state index is 0.207. The summed E-state index contributed by atoms with van der Waals surface area (Å²) in [6.07, 6.45) is 5.40. The van der Waals surface area contributed by atoms with Crippen molar-refractivity contribution in [3.05, 3.63) is 66.5 Å². The molecule has 3 aromatic rings. The normalized spacial score (nSPS) is 10.5. The molecule has 5 heteroatoms. The zero-order valence-corrected chi connectivity index (χ0v) is 11.7. The van der Waals surface area contributed by atoms with Crippen LogP contribution in [0.2, 0.25) is 0 Å². The first-order chi connectivity index (χ1) is 10.2. The molecule has 1 aromatic carbocycles. The smallest absolute Gasteiger partial charge is 0.138 e. The Labute approximate surface area is 122 Å². The Morgan fingerprint density at radius 1 is 1.24 bits per heavy atom. The minimum Gasteiger partial charge on any atom is -0.506 e. The van der Waals surface area contributed by atoms with Crippen molar-refractivity contribution in [2.75, 3.05) is 5.32 Å². The number of imidazole rings is 1. The molecule has 3 rings (SSSR count). The van der Waals surface area contributed by atoms with Gasteiger partial charge in [0.25, 0.3) is 0 Å². The van der Waals surface area contributed by atoms with E-state index in [1.54, 1.807) is 24.7 Å². The van der Waals surface area contributed by atoms with Crippen LogP contribution in [0.1, 0.15) is 11.4 Å². The molecule has 0 saturated heterocycles.